The third-order valence-electron chi connectivity index (χ3n) is 0.615. The molecule has 0 saturated carbocycles. The van der Waals surface area contributed by atoms with Crippen molar-refractivity contribution in [3.63, 3.8) is 0 Å². The lowest BCUT2D eigenvalue weighted by Crippen LogP contribution is -1.68. The van der Waals surface area contributed by atoms with Crippen molar-refractivity contribution in [1.82, 2.24) is 10.2 Å². The second kappa shape index (κ2) is 3.10. The summed E-state index contributed by atoms with van der Waals surface area (Å²) in [4.78, 5) is 0. The molecule has 1 N–H and O–H groups in total. The highest BCUT2D eigenvalue weighted by atomic mass is 32.1. The van der Waals surface area contributed by atoms with Crippen LogP contribution in [0.4, 0.5) is 0 Å². The van der Waals surface area contributed by atoms with Gasteiger partial charge in [-0.1, -0.05) is 0 Å². The average Bonchev–Trinajstić information content (AvgIpc) is 2.14. The van der Waals surface area contributed by atoms with E-state index < -0.39 is 0 Å². The molecule has 0 bridgehead atoms. The summed E-state index contributed by atoms with van der Waals surface area (Å²) in [5, 5.41) is 14.2. The molecule has 0 saturated heterocycles. The van der Waals surface area contributed by atoms with Gasteiger partial charge in [0.25, 0.3) is 0 Å². The molecule has 0 unspecified atom stereocenters. The van der Waals surface area contributed by atoms with Gasteiger partial charge < -0.3 is 0 Å². The summed E-state index contributed by atoms with van der Waals surface area (Å²) < 4.78 is 0. The maximum Gasteiger partial charge on any atom is 0.162 e. The number of nitrogens with one attached hydrogen (secondary N) is 1. The minimum Gasteiger partial charge on any atom is -0.284 e. The van der Waals surface area contributed by atoms with Crippen LogP contribution in [0.2, 0.25) is 0 Å². The van der Waals surface area contributed by atoms with Gasteiger partial charge in [-0.3, -0.25) is 5.10 Å². The van der Waals surface area contributed by atoms with E-state index in [1.165, 1.54) is 0 Å². The Bertz CT molecular complexity index is 174. The number of aromatic nitrogens is 2. The summed E-state index contributed by atoms with van der Waals surface area (Å²) in [5.74, 6) is 0. The van der Waals surface area contributed by atoms with Gasteiger partial charge in [0.1, 0.15) is 6.07 Å². The smallest absolute Gasteiger partial charge is 0.162 e. The van der Waals surface area contributed by atoms with Crippen LogP contribution in [0.1, 0.15) is 5.69 Å². The van der Waals surface area contributed by atoms with Crippen LogP contribution in [-0.4, -0.2) is 10.2 Å². The van der Waals surface area contributed by atoms with Crippen LogP contribution < -0.4 is 0 Å². The highest BCUT2D eigenvalue weighted by molar-refractivity contribution is 7.59. The van der Waals surface area contributed by atoms with Crippen molar-refractivity contribution in [2.75, 3.05) is 0 Å². The van der Waals surface area contributed by atoms with Gasteiger partial charge in [0, 0.05) is 6.20 Å². The average molecular weight is 127 g/mol. The number of nitriles is 1. The molecule has 0 spiro atoms. The molecule has 8 heavy (non-hydrogen) atoms. The summed E-state index contributed by atoms with van der Waals surface area (Å²) in [5.41, 5.74) is 0.431. The Morgan fingerprint density at radius 3 is 2.75 bits per heavy atom. The predicted octanol–water partition coefficient (Wildman–Crippen LogP) is 0.394. The van der Waals surface area contributed by atoms with Gasteiger partial charge in [0.05, 0.1) is 0 Å². The number of nitrogens with zero attached hydrogens (tertiary/aromatic N) is 2. The number of rotatable bonds is 0. The van der Waals surface area contributed by atoms with E-state index in [0.29, 0.717) is 5.69 Å². The molecule has 42 valence electrons. The monoisotopic (exact) mass is 127 g/mol. The maximum absolute atomic E-state index is 8.09. The molecule has 1 aromatic heterocycles. The van der Waals surface area contributed by atoms with Crippen molar-refractivity contribution in [2.24, 2.45) is 0 Å². The van der Waals surface area contributed by atoms with Crippen LogP contribution in [0.5, 0.6) is 0 Å². The topological polar surface area (TPSA) is 52.5 Å². The highest BCUT2D eigenvalue weighted by Gasteiger charge is 1.83. The molecule has 1 aromatic rings. The van der Waals surface area contributed by atoms with E-state index in [9.17, 15) is 0 Å². The fourth-order valence-corrected chi connectivity index (χ4v) is 0.323. The molecular formula is C4H5N3S. The molecule has 0 radical (unpaired) electrons. The lowest BCUT2D eigenvalue weighted by atomic mass is 10.5. The van der Waals surface area contributed by atoms with E-state index in [4.69, 9.17) is 5.26 Å². The van der Waals surface area contributed by atoms with Gasteiger partial charge in [-0.15, -0.1) is 0 Å². The van der Waals surface area contributed by atoms with Gasteiger partial charge >= 0.3 is 0 Å². The Kier molecular flexibility index (Phi) is 2.74. The number of H-pyrrole nitrogens is 1. The van der Waals surface area contributed by atoms with Crippen LogP contribution in [0.15, 0.2) is 12.3 Å². The van der Waals surface area contributed by atoms with Crippen molar-refractivity contribution >= 4 is 13.5 Å². The van der Waals surface area contributed by atoms with E-state index in [-0.39, 0.29) is 13.5 Å². The van der Waals surface area contributed by atoms with E-state index in [2.05, 4.69) is 10.2 Å². The first-order valence-electron chi connectivity index (χ1n) is 1.83. The first-order valence-corrected chi connectivity index (χ1v) is 1.83. The Morgan fingerprint density at radius 2 is 2.50 bits per heavy atom. The second-order valence-electron chi connectivity index (χ2n) is 1.07. The third-order valence-corrected chi connectivity index (χ3v) is 0.615. The third kappa shape index (κ3) is 1.28. The van der Waals surface area contributed by atoms with Crippen molar-refractivity contribution < 1.29 is 0 Å². The lowest BCUT2D eigenvalue weighted by Gasteiger charge is -1.62. The first-order chi connectivity index (χ1) is 3.43. The number of hydrogen-bond acceptors (Lipinski definition) is 2. The Morgan fingerprint density at radius 1 is 1.75 bits per heavy atom. The molecule has 0 aliphatic rings. The van der Waals surface area contributed by atoms with Crippen LogP contribution in [0.3, 0.4) is 0 Å². The zero-order valence-electron chi connectivity index (χ0n) is 4.05. The summed E-state index contributed by atoms with van der Waals surface area (Å²) in [6.45, 7) is 0. The molecule has 1 heterocycles. The fourth-order valence-electron chi connectivity index (χ4n) is 0.323. The molecule has 4 heteroatoms. The second-order valence-corrected chi connectivity index (χ2v) is 1.07. The zero-order valence-corrected chi connectivity index (χ0v) is 5.05. The molecule has 0 amide bonds. The SMILES string of the molecule is N#Cc1cc[nH]n1.S. The molecule has 0 aromatic carbocycles. The number of aromatic amines is 1. The summed E-state index contributed by atoms with van der Waals surface area (Å²) >= 11 is 0. The van der Waals surface area contributed by atoms with Crippen LogP contribution in [0, 0.1) is 11.3 Å². The van der Waals surface area contributed by atoms with Crippen LogP contribution >= 0.6 is 13.5 Å². The molecule has 0 atom stereocenters. The molecular weight excluding hydrogens is 122 g/mol. The van der Waals surface area contributed by atoms with Gasteiger partial charge in [0.2, 0.25) is 0 Å². The van der Waals surface area contributed by atoms with E-state index in [1.54, 1.807) is 12.3 Å². The first kappa shape index (κ1) is 7.05. The molecule has 0 aliphatic carbocycles. The molecule has 0 fully saturated rings. The Balaban J connectivity index is 0.000000490. The zero-order chi connectivity index (χ0) is 5.11. The Hall–Kier alpha value is -0.950. The summed E-state index contributed by atoms with van der Waals surface area (Å²) in [7, 11) is 0. The standard InChI is InChI=1S/C4H3N3.H2S/c5-3-4-1-2-6-7-4;/h1-2H,(H,6,7);1H2. The van der Waals surface area contributed by atoms with Crippen LogP contribution in [-0.2, 0) is 0 Å². The molecule has 0 aliphatic heterocycles. The van der Waals surface area contributed by atoms with Crippen LogP contribution in [0.25, 0.3) is 0 Å². The van der Waals surface area contributed by atoms with Crippen molar-refractivity contribution in [1.29, 1.82) is 5.26 Å². The fraction of sp³-hybridized carbons (Fsp3) is 0. The van der Waals surface area contributed by atoms with E-state index >= 15 is 0 Å². The minimum atomic E-state index is 0. The number of hydrogen-bond donors (Lipinski definition) is 1. The lowest BCUT2D eigenvalue weighted by molar-refractivity contribution is 1.07. The van der Waals surface area contributed by atoms with Gasteiger partial charge in [-0.2, -0.15) is 23.9 Å². The van der Waals surface area contributed by atoms with E-state index in [0.717, 1.165) is 0 Å². The normalized spacial score (nSPS) is 6.88. The maximum atomic E-state index is 8.09. The van der Waals surface area contributed by atoms with E-state index in [1.807, 2.05) is 6.07 Å². The predicted molar refractivity (Wildman–Crippen MR) is 33.7 cm³/mol. The van der Waals surface area contributed by atoms with Crippen molar-refractivity contribution in [2.45, 2.75) is 0 Å². The molecule has 1 rings (SSSR count). The van der Waals surface area contributed by atoms with Gasteiger partial charge in [-0.25, -0.2) is 0 Å². The molecule has 3 nitrogen and oxygen atoms in total. The largest absolute Gasteiger partial charge is 0.284 e. The highest BCUT2D eigenvalue weighted by Crippen LogP contribution is 1.83. The van der Waals surface area contributed by atoms with Crippen molar-refractivity contribution in [3.8, 4) is 6.07 Å². The van der Waals surface area contributed by atoms with Gasteiger partial charge in [0.15, 0.2) is 5.69 Å². The Labute approximate surface area is 53.8 Å². The summed E-state index contributed by atoms with van der Waals surface area (Å²) in [6.07, 6.45) is 1.61. The van der Waals surface area contributed by atoms with Crippen molar-refractivity contribution in [3.05, 3.63) is 18.0 Å². The van der Waals surface area contributed by atoms with Gasteiger partial charge in [-0.05, 0) is 6.07 Å². The summed E-state index contributed by atoms with van der Waals surface area (Å²) in [6, 6.07) is 3.48. The minimum absolute atomic E-state index is 0. The quantitative estimate of drug-likeness (QED) is 0.548.